The number of amides is 1. The Bertz CT molecular complexity index is 1650. The van der Waals surface area contributed by atoms with Crippen LogP contribution in [0.2, 0.25) is 0 Å². The molecule has 0 saturated heterocycles. The number of hydrogen-bond donors (Lipinski definition) is 0. The minimum absolute atomic E-state index is 0.184. The Labute approximate surface area is 246 Å². The maximum atomic E-state index is 13.9. The number of anilines is 1. The molecule has 0 unspecified atom stereocenters. The number of likely N-dealkylation sites (N-methyl/N-ethyl adjacent to an activating group) is 1. The number of carbonyl (C=O) groups excluding carboxylic acids is 1. The Hall–Kier alpha value is -3.31. The van der Waals surface area contributed by atoms with Crippen LogP contribution < -0.4 is 9.64 Å². The predicted molar refractivity (Wildman–Crippen MR) is 165 cm³/mol. The molecule has 1 aromatic heterocycles. The lowest BCUT2D eigenvalue weighted by Gasteiger charge is -2.28. The zero-order chi connectivity index (χ0) is 29.1. The van der Waals surface area contributed by atoms with Gasteiger partial charge in [0.05, 0.1) is 16.7 Å². The molecule has 0 spiro atoms. The maximum Gasteiger partial charge on any atom is 0.260 e. The molecule has 0 atom stereocenters. The van der Waals surface area contributed by atoms with Crippen molar-refractivity contribution in [2.24, 2.45) is 0 Å². The Morgan fingerprint density at radius 3 is 2.39 bits per heavy atom. The van der Waals surface area contributed by atoms with Crippen molar-refractivity contribution >= 4 is 42.6 Å². The highest BCUT2D eigenvalue weighted by Gasteiger charge is 2.29. The predicted octanol–water partition coefficient (Wildman–Crippen LogP) is 5.35. The topological polar surface area (TPSA) is 83.1 Å². The number of aryl methyl sites for hydroxylation is 1. The van der Waals surface area contributed by atoms with Crippen molar-refractivity contribution in [3.8, 4) is 5.75 Å². The van der Waals surface area contributed by atoms with E-state index in [0.29, 0.717) is 49.0 Å². The van der Waals surface area contributed by atoms with Crippen molar-refractivity contribution in [1.29, 1.82) is 0 Å². The van der Waals surface area contributed by atoms with Crippen LogP contribution in [0.1, 0.15) is 40.9 Å². The lowest BCUT2D eigenvalue weighted by atomic mass is 10.0. The highest BCUT2D eigenvalue weighted by Crippen LogP contribution is 2.37. The molecule has 3 aromatic carbocycles. The minimum Gasteiger partial charge on any atom is -0.494 e. The smallest absolute Gasteiger partial charge is 0.260 e. The monoisotopic (exact) mass is 592 g/mol. The summed E-state index contributed by atoms with van der Waals surface area (Å²) in [7, 11) is -2.08. The van der Waals surface area contributed by atoms with Crippen LogP contribution in [0, 0.1) is 6.92 Å². The number of ether oxygens (including phenoxy) is 1. The standard InChI is InChI=1S/C31H36N4O4S2/c1-5-33(6-2)19-20-35(31-32-28-27(39-4)16-11-22(3)29(28)40-31)30(36)24-12-14-26(15-13-24)41(37,38)34-18-17-23-9-7-8-10-25(23)21-34/h7-16H,5-6,17-21H2,1-4H3. The largest absolute Gasteiger partial charge is 0.494 e. The summed E-state index contributed by atoms with van der Waals surface area (Å²) in [6.07, 6.45) is 0.680. The van der Waals surface area contributed by atoms with Crippen LogP contribution in [-0.2, 0) is 23.0 Å². The summed E-state index contributed by atoms with van der Waals surface area (Å²) in [5, 5.41) is 0.591. The molecule has 0 N–H and O–H groups in total. The number of methoxy groups -OCH3 is 1. The van der Waals surface area contributed by atoms with Crippen LogP contribution in [0.5, 0.6) is 5.75 Å². The molecular formula is C31H36N4O4S2. The first kappa shape index (κ1) is 29.2. The number of rotatable bonds is 10. The third-order valence-corrected chi connectivity index (χ3v) is 10.8. The van der Waals surface area contributed by atoms with Crippen molar-refractivity contribution in [3.05, 3.63) is 82.9 Å². The van der Waals surface area contributed by atoms with Gasteiger partial charge < -0.3 is 9.64 Å². The van der Waals surface area contributed by atoms with E-state index in [1.807, 2.05) is 37.3 Å². The Morgan fingerprint density at radius 1 is 1.00 bits per heavy atom. The van der Waals surface area contributed by atoms with Crippen LogP contribution in [-0.4, -0.2) is 68.3 Å². The van der Waals surface area contributed by atoms with Gasteiger partial charge in [0, 0.05) is 31.7 Å². The molecule has 216 valence electrons. The Morgan fingerprint density at radius 2 is 1.71 bits per heavy atom. The van der Waals surface area contributed by atoms with Crippen LogP contribution >= 0.6 is 11.3 Å². The van der Waals surface area contributed by atoms with Gasteiger partial charge in [0.15, 0.2) is 5.13 Å². The van der Waals surface area contributed by atoms with Gasteiger partial charge in [0.25, 0.3) is 5.91 Å². The first-order valence-corrected chi connectivity index (χ1v) is 16.2. The summed E-state index contributed by atoms with van der Waals surface area (Å²) in [6.45, 7) is 9.88. The van der Waals surface area contributed by atoms with Gasteiger partial charge in [-0.05, 0) is 73.5 Å². The van der Waals surface area contributed by atoms with E-state index in [1.54, 1.807) is 24.1 Å². The van der Waals surface area contributed by atoms with Gasteiger partial charge in [0.1, 0.15) is 11.3 Å². The van der Waals surface area contributed by atoms with E-state index in [4.69, 9.17) is 9.72 Å². The molecule has 0 aliphatic carbocycles. The number of nitrogens with zero attached hydrogens (tertiary/aromatic N) is 4. The number of benzene rings is 3. The van der Waals surface area contributed by atoms with Gasteiger partial charge in [-0.3, -0.25) is 9.69 Å². The normalized spacial score (nSPS) is 13.9. The number of sulfonamides is 1. The highest BCUT2D eigenvalue weighted by molar-refractivity contribution is 7.89. The van der Waals surface area contributed by atoms with E-state index >= 15 is 0 Å². The van der Waals surface area contributed by atoms with Gasteiger partial charge in [-0.1, -0.05) is 55.5 Å². The number of hydrogen-bond acceptors (Lipinski definition) is 7. The maximum absolute atomic E-state index is 13.9. The minimum atomic E-state index is -3.70. The molecule has 1 aliphatic heterocycles. The first-order valence-electron chi connectivity index (χ1n) is 13.9. The molecule has 41 heavy (non-hydrogen) atoms. The molecule has 5 rings (SSSR count). The van der Waals surface area contributed by atoms with Crippen LogP contribution in [0.3, 0.4) is 0 Å². The molecule has 0 saturated carbocycles. The second-order valence-electron chi connectivity index (χ2n) is 10.1. The number of carbonyl (C=O) groups is 1. The zero-order valence-corrected chi connectivity index (χ0v) is 25.6. The van der Waals surface area contributed by atoms with E-state index in [1.165, 1.54) is 33.3 Å². The fourth-order valence-corrected chi connectivity index (χ4v) is 7.69. The number of aromatic nitrogens is 1. The van der Waals surface area contributed by atoms with Gasteiger partial charge in [-0.2, -0.15) is 4.31 Å². The second-order valence-corrected chi connectivity index (χ2v) is 13.0. The molecule has 8 nitrogen and oxygen atoms in total. The quantitative estimate of drug-likeness (QED) is 0.247. The van der Waals surface area contributed by atoms with Crippen LogP contribution in [0.25, 0.3) is 10.2 Å². The average molecular weight is 593 g/mol. The third kappa shape index (κ3) is 5.88. The fraction of sp³-hybridized carbons (Fsp3) is 0.355. The van der Waals surface area contributed by atoms with Gasteiger partial charge >= 0.3 is 0 Å². The Kier molecular flexibility index (Phi) is 8.74. The first-order chi connectivity index (χ1) is 19.8. The summed E-state index contributed by atoms with van der Waals surface area (Å²) < 4.78 is 35.0. The average Bonchev–Trinajstić information content (AvgIpc) is 3.45. The lowest BCUT2D eigenvalue weighted by Crippen LogP contribution is -2.39. The second kappa shape index (κ2) is 12.3. The zero-order valence-electron chi connectivity index (χ0n) is 24.0. The molecule has 2 heterocycles. The molecular weight excluding hydrogens is 556 g/mol. The van der Waals surface area contributed by atoms with Gasteiger partial charge in [-0.15, -0.1) is 0 Å². The van der Waals surface area contributed by atoms with E-state index in [9.17, 15) is 13.2 Å². The van der Waals surface area contributed by atoms with E-state index in [0.717, 1.165) is 34.4 Å². The Balaban J connectivity index is 1.43. The van der Waals surface area contributed by atoms with Gasteiger partial charge in [0.2, 0.25) is 10.0 Å². The van der Waals surface area contributed by atoms with E-state index in [2.05, 4.69) is 24.8 Å². The van der Waals surface area contributed by atoms with Crippen LogP contribution in [0.15, 0.2) is 65.6 Å². The molecule has 1 amide bonds. The highest BCUT2D eigenvalue weighted by atomic mass is 32.2. The summed E-state index contributed by atoms with van der Waals surface area (Å²) in [5.74, 6) is 0.447. The molecule has 4 aromatic rings. The number of fused-ring (bicyclic) bond motifs is 2. The SMILES string of the molecule is CCN(CC)CCN(C(=O)c1ccc(S(=O)(=O)N2CCc3ccccc3C2)cc1)c1nc2c(OC)ccc(C)c2s1. The van der Waals surface area contributed by atoms with Crippen molar-refractivity contribution in [2.45, 2.75) is 38.6 Å². The van der Waals surface area contributed by atoms with Gasteiger partial charge in [-0.25, -0.2) is 13.4 Å². The molecule has 0 bridgehead atoms. The fourth-order valence-electron chi connectivity index (χ4n) is 5.19. The third-order valence-electron chi connectivity index (χ3n) is 7.76. The molecule has 0 fully saturated rings. The van der Waals surface area contributed by atoms with Crippen molar-refractivity contribution in [3.63, 3.8) is 0 Å². The van der Waals surface area contributed by atoms with Crippen molar-refractivity contribution < 1.29 is 17.9 Å². The summed E-state index contributed by atoms with van der Waals surface area (Å²) >= 11 is 1.46. The van der Waals surface area contributed by atoms with E-state index < -0.39 is 10.0 Å². The number of thiazole rings is 1. The summed E-state index contributed by atoms with van der Waals surface area (Å²) in [5.41, 5.74) is 4.43. The van der Waals surface area contributed by atoms with Crippen molar-refractivity contribution in [2.75, 3.05) is 44.7 Å². The summed E-state index contributed by atoms with van der Waals surface area (Å²) in [4.78, 5) is 22.9. The molecule has 1 aliphatic rings. The molecule has 10 heteroatoms. The van der Waals surface area contributed by atoms with E-state index in [-0.39, 0.29) is 10.8 Å². The van der Waals surface area contributed by atoms with Crippen LogP contribution in [0.4, 0.5) is 5.13 Å². The summed E-state index contributed by atoms with van der Waals surface area (Å²) in [6, 6.07) is 18.1. The van der Waals surface area contributed by atoms with Crippen molar-refractivity contribution in [1.82, 2.24) is 14.2 Å². The molecule has 0 radical (unpaired) electrons. The lowest BCUT2D eigenvalue weighted by molar-refractivity contribution is 0.0983.